The van der Waals surface area contributed by atoms with Gasteiger partial charge in [-0.25, -0.2) is 0 Å². The highest BCUT2D eigenvalue weighted by Crippen LogP contribution is 2.30. The zero-order valence-electron chi connectivity index (χ0n) is 16.4. The molecule has 0 aromatic heterocycles. The van der Waals surface area contributed by atoms with Crippen molar-refractivity contribution in [2.45, 2.75) is 58.3 Å². The summed E-state index contributed by atoms with van der Waals surface area (Å²) in [5.41, 5.74) is 1.22. The number of hydrogen-bond donors (Lipinski definition) is 0. The van der Waals surface area contributed by atoms with Crippen LogP contribution in [0.4, 0.5) is 0 Å². The van der Waals surface area contributed by atoms with Gasteiger partial charge in [0, 0.05) is 10.7 Å². The molecular weight excluding hydrogens is 468 g/mol. The number of aryl methyl sites for hydroxylation is 1. The molecule has 0 heterocycles. The van der Waals surface area contributed by atoms with Crippen LogP contribution >= 0.6 is 31.9 Å². The van der Waals surface area contributed by atoms with Crippen LogP contribution in [0.1, 0.15) is 56.9 Å². The number of alkyl halides is 2. The Hall–Kier alpha value is -0.740. The molecule has 4 heteroatoms. The van der Waals surface area contributed by atoms with Crippen molar-refractivity contribution in [2.75, 3.05) is 23.9 Å². The van der Waals surface area contributed by atoms with E-state index in [-0.39, 0.29) is 0 Å². The van der Waals surface area contributed by atoms with Gasteiger partial charge in [-0.15, -0.1) is 0 Å². The van der Waals surface area contributed by atoms with E-state index in [0.29, 0.717) is 0 Å². The summed E-state index contributed by atoms with van der Waals surface area (Å²) in [6.07, 6.45) is 9.73. The van der Waals surface area contributed by atoms with Crippen molar-refractivity contribution in [1.29, 1.82) is 0 Å². The first-order valence-corrected chi connectivity index (χ1v) is 12.4. The topological polar surface area (TPSA) is 18.5 Å². The first kappa shape index (κ1) is 22.5. The van der Waals surface area contributed by atoms with Gasteiger partial charge in [-0.1, -0.05) is 69.7 Å². The summed E-state index contributed by atoms with van der Waals surface area (Å²) in [4.78, 5) is 0. The van der Waals surface area contributed by atoms with Crippen LogP contribution in [0.2, 0.25) is 0 Å². The maximum absolute atomic E-state index is 6.02. The van der Waals surface area contributed by atoms with Crippen LogP contribution in [0.15, 0.2) is 30.3 Å². The van der Waals surface area contributed by atoms with Gasteiger partial charge < -0.3 is 9.47 Å². The van der Waals surface area contributed by atoms with Crippen molar-refractivity contribution in [3.63, 3.8) is 0 Å². The van der Waals surface area contributed by atoms with Crippen molar-refractivity contribution in [3.8, 4) is 11.5 Å². The lowest BCUT2D eigenvalue weighted by Gasteiger charge is -2.13. The normalized spacial score (nSPS) is 11.1. The number of unbranched alkanes of at least 4 members (excludes halogenated alkanes) is 6. The Labute approximate surface area is 181 Å². The van der Waals surface area contributed by atoms with Crippen LogP contribution < -0.4 is 9.47 Å². The molecule has 0 aliphatic heterocycles. The summed E-state index contributed by atoms with van der Waals surface area (Å²) in [6, 6.07) is 10.6. The lowest BCUT2D eigenvalue weighted by Crippen LogP contribution is -2.00. The van der Waals surface area contributed by atoms with Crippen LogP contribution in [-0.4, -0.2) is 23.9 Å². The number of hydrogen-bond acceptors (Lipinski definition) is 2. The molecule has 2 aromatic carbocycles. The second kappa shape index (κ2) is 13.4. The van der Waals surface area contributed by atoms with Gasteiger partial charge in [0.25, 0.3) is 0 Å². The molecule has 0 bridgehead atoms. The van der Waals surface area contributed by atoms with Crippen molar-refractivity contribution in [3.05, 3.63) is 35.9 Å². The molecule has 0 saturated carbocycles. The number of fused-ring (bicyclic) bond motifs is 1. The molecular formula is C23H32Br2O2. The first-order valence-electron chi connectivity index (χ1n) is 10.2. The Morgan fingerprint density at radius 2 is 1.33 bits per heavy atom. The van der Waals surface area contributed by atoms with Crippen molar-refractivity contribution < 1.29 is 9.47 Å². The highest BCUT2D eigenvalue weighted by Gasteiger charge is 2.06. The quantitative estimate of drug-likeness (QED) is 0.195. The molecule has 0 radical (unpaired) electrons. The summed E-state index contributed by atoms with van der Waals surface area (Å²) in [5.74, 6) is 1.96. The average molecular weight is 500 g/mol. The Morgan fingerprint density at radius 1 is 0.704 bits per heavy atom. The second-order valence-electron chi connectivity index (χ2n) is 6.97. The van der Waals surface area contributed by atoms with E-state index in [2.05, 4.69) is 69.1 Å². The fourth-order valence-corrected chi connectivity index (χ4v) is 3.95. The van der Waals surface area contributed by atoms with Crippen molar-refractivity contribution in [2.24, 2.45) is 0 Å². The minimum Gasteiger partial charge on any atom is -0.494 e. The van der Waals surface area contributed by atoms with Crippen molar-refractivity contribution in [1.82, 2.24) is 0 Å². The van der Waals surface area contributed by atoms with Crippen LogP contribution in [0, 0.1) is 6.92 Å². The SMILES string of the molecule is Cc1c(OCCCCCCBr)ccc2cc(OCCCCCCBr)ccc12. The first-order chi connectivity index (χ1) is 13.3. The van der Waals surface area contributed by atoms with Gasteiger partial charge in [0.15, 0.2) is 0 Å². The van der Waals surface area contributed by atoms with Crippen LogP contribution in [0.5, 0.6) is 11.5 Å². The molecule has 27 heavy (non-hydrogen) atoms. The third-order valence-electron chi connectivity index (χ3n) is 4.79. The average Bonchev–Trinajstić information content (AvgIpc) is 2.69. The zero-order valence-corrected chi connectivity index (χ0v) is 19.6. The smallest absolute Gasteiger partial charge is 0.122 e. The number of ether oxygens (including phenoxy) is 2. The van der Waals surface area contributed by atoms with Gasteiger partial charge in [0.2, 0.25) is 0 Å². The third kappa shape index (κ3) is 8.03. The fourth-order valence-electron chi connectivity index (χ4n) is 3.16. The number of rotatable bonds is 14. The van der Waals surface area contributed by atoms with E-state index < -0.39 is 0 Å². The minimum absolute atomic E-state index is 0.795. The molecule has 0 N–H and O–H groups in total. The van der Waals surface area contributed by atoms with E-state index in [1.807, 2.05) is 0 Å². The maximum Gasteiger partial charge on any atom is 0.122 e. The largest absolute Gasteiger partial charge is 0.494 e. The Balaban J connectivity index is 1.84. The molecule has 0 aliphatic carbocycles. The van der Waals surface area contributed by atoms with E-state index in [0.717, 1.165) is 48.2 Å². The molecule has 0 saturated heterocycles. The van der Waals surface area contributed by atoms with Gasteiger partial charge in [0.05, 0.1) is 13.2 Å². The predicted molar refractivity (Wildman–Crippen MR) is 124 cm³/mol. The summed E-state index contributed by atoms with van der Waals surface area (Å²) in [7, 11) is 0. The van der Waals surface area contributed by atoms with E-state index in [4.69, 9.17) is 9.47 Å². The zero-order chi connectivity index (χ0) is 19.3. The van der Waals surface area contributed by atoms with Crippen LogP contribution in [0.3, 0.4) is 0 Å². The summed E-state index contributed by atoms with van der Waals surface area (Å²) in [5, 5.41) is 4.66. The lowest BCUT2D eigenvalue weighted by atomic mass is 10.0. The lowest BCUT2D eigenvalue weighted by molar-refractivity contribution is 0.303. The van der Waals surface area contributed by atoms with Gasteiger partial charge in [-0.05, 0) is 67.1 Å². The highest BCUT2D eigenvalue weighted by molar-refractivity contribution is 9.09. The highest BCUT2D eigenvalue weighted by atomic mass is 79.9. The molecule has 2 rings (SSSR count). The van der Waals surface area contributed by atoms with Gasteiger partial charge >= 0.3 is 0 Å². The summed E-state index contributed by atoms with van der Waals surface area (Å²) in [6.45, 7) is 3.74. The van der Waals surface area contributed by atoms with Gasteiger partial charge in [0.1, 0.15) is 11.5 Å². The van der Waals surface area contributed by atoms with E-state index in [9.17, 15) is 0 Å². The number of benzene rings is 2. The molecule has 0 unspecified atom stereocenters. The predicted octanol–water partition coefficient (Wildman–Crippen LogP) is 7.82. The summed E-state index contributed by atoms with van der Waals surface area (Å²) >= 11 is 6.95. The molecule has 0 amide bonds. The van der Waals surface area contributed by atoms with E-state index >= 15 is 0 Å². The Kier molecular flexibility index (Phi) is 11.2. The third-order valence-corrected chi connectivity index (χ3v) is 5.91. The van der Waals surface area contributed by atoms with Gasteiger partial charge in [-0.3, -0.25) is 0 Å². The molecule has 0 aliphatic rings. The molecule has 2 nitrogen and oxygen atoms in total. The van der Waals surface area contributed by atoms with Gasteiger partial charge in [-0.2, -0.15) is 0 Å². The standard InChI is InChI=1S/C23H32Br2O2/c1-19-22-12-11-21(26-16-8-4-2-6-14-24)18-20(22)10-13-23(19)27-17-9-5-3-7-15-25/h10-13,18H,2-9,14-17H2,1H3. The maximum atomic E-state index is 6.02. The second-order valence-corrected chi connectivity index (χ2v) is 8.56. The number of halogens is 2. The molecule has 2 aromatic rings. The van der Waals surface area contributed by atoms with Crippen LogP contribution in [0.25, 0.3) is 10.8 Å². The monoisotopic (exact) mass is 498 g/mol. The summed E-state index contributed by atoms with van der Waals surface area (Å²) < 4.78 is 12.0. The Morgan fingerprint density at radius 3 is 2.00 bits per heavy atom. The van der Waals surface area contributed by atoms with Crippen LogP contribution in [-0.2, 0) is 0 Å². The van der Waals surface area contributed by atoms with E-state index in [1.54, 1.807) is 0 Å². The molecule has 0 spiro atoms. The minimum atomic E-state index is 0.795. The van der Waals surface area contributed by atoms with E-state index in [1.165, 1.54) is 54.9 Å². The molecule has 150 valence electrons. The molecule has 0 atom stereocenters. The Bertz CT molecular complexity index is 673. The molecule has 0 fully saturated rings. The van der Waals surface area contributed by atoms with Crippen molar-refractivity contribution >= 4 is 42.6 Å². The fraction of sp³-hybridized carbons (Fsp3) is 0.565.